The van der Waals surface area contributed by atoms with E-state index in [4.69, 9.17) is 9.94 Å². The van der Waals surface area contributed by atoms with Gasteiger partial charge in [-0.15, -0.1) is 0 Å². The van der Waals surface area contributed by atoms with Crippen LogP contribution < -0.4 is 0 Å². The molecular formula is C9H17NO5P+. The molecule has 1 N–H and O–H groups in total. The lowest BCUT2D eigenvalue weighted by Gasteiger charge is -2.00. The molecule has 0 rings (SSSR count). The van der Waals surface area contributed by atoms with Crippen molar-refractivity contribution in [2.24, 2.45) is 5.16 Å². The monoisotopic (exact) mass is 250 g/mol. The molecule has 0 saturated carbocycles. The Morgan fingerprint density at radius 2 is 2.06 bits per heavy atom. The quantitative estimate of drug-likeness (QED) is 0.232. The first kappa shape index (κ1) is 15.0. The molecule has 0 saturated heterocycles. The predicted octanol–water partition coefficient (Wildman–Crippen LogP) is 1.59. The maximum Gasteiger partial charge on any atom is 0.367 e. The molecule has 0 aromatic rings. The molecule has 0 aliphatic rings. The highest BCUT2D eigenvalue weighted by Crippen LogP contribution is 2.21. The van der Waals surface area contributed by atoms with Crippen molar-refractivity contribution in [3.8, 4) is 0 Å². The molecular weight excluding hydrogens is 233 g/mol. The van der Waals surface area contributed by atoms with Crippen LogP contribution in [-0.2, 0) is 18.8 Å². The molecule has 0 aromatic heterocycles. The van der Waals surface area contributed by atoms with Gasteiger partial charge in [-0.3, -0.25) is 0 Å². The van der Waals surface area contributed by atoms with E-state index in [1.54, 1.807) is 6.92 Å². The summed E-state index contributed by atoms with van der Waals surface area (Å²) in [4.78, 5) is 11.2. The van der Waals surface area contributed by atoms with Crippen LogP contribution in [0.4, 0.5) is 0 Å². The first-order valence-electron chi connectivity index (χ1n) is 5.03. The summed E-state index contributed by atoms with van der Waals surface area (Å²) in [6.07, 6.45) is 0.526. The molecule has 0 amide bonds. The normalized spacial score (nSPS) is 12.4. The molecule has 0 heterocycles. The maximum absolute atomic E-state index is 11.3. The third-order valence-corrected chi connectivity index (χ3v) is 2.86. The third kappa shape index (κ3) is 6.48. The van der Waals surface area contributed by atoms with Crippen LogP contribution in [-0.4, -0.2) is 42.6 Å². The van der Waals surface area contributed by atoms with E-state index in [1.807, 2.05) is 6.92 Å². The van der Waals surface area contributed by atoms with Crippen LogP contribution >= 0.6 is 7.80 Å². The average molecular weight is 250 g/mol. The Bertz CT molecular complexity index is 267. The SMILES string of the molecule is CCOC[P+](=O)CCC(=NO)C(=O)OCC. The second-order valence-corrected chi connectivity index (χ2v) is 4.51. The van der Waals surface area contributed by atoms with E-state index in [9.17, 15) is 9.36 Å². The Morgan fingerprint density at radius 3 is 2.56 bits per heavy atom. The Labute approximate surface area is 95.4 Å². The van der Waals surface area contributed by atoms with Crippen LogP contribution in [0.25, 0.3) is 0 Å². The van der Waals surface area contributed by atoms with Crippen LogP contribution in [0.1, 0.15) is 20.3 Å². The number of hydrogen-bond donors (Lipinski definition) is 1. The molecule has 92 valence electrons. The average Bonchev–Trinajstić information content (AvgIpc) is 2.27. The summed E-state index contributed by atoms with van der Waals surface area (Å²) in [7, 11) is -1.53. The minimum Gasteiger partial charge on any atom is -0.461 e. The highest BCUT2D eigenvalue weighted by molar-refractivity contribution is 7.44. The topological polar surface area (TPSA) is 85.2 Å². The van der Waals surface area contributed by atoms with Crippen LogP contribution in [0.3, 0.4) is 0 Å². The van der Waals surface area contributed by atoms with E-state index in [0.717, 1.165) is 0 Å². The van der Waals surface area contributed by atoms with Gasteiger partial charge in [-0.2, -0.15) is 0 Å². The molecule has 0 spiro atoms. The van der Waals surface area contributed by atoms with E-state index in [1.165, 1.54) is 0 Å². The molecule has 16 heavy (non-hydrogen) atoms. The van der Waals surface area contributed by atoms with Crippen molar-refractivity contribution in [3.63, 3.8) is 0 Å². The summed E-state index contributed by atoms with van der Waals surface area (Å²) in [6.45, 7) is 4.17. The fourth-order valence-corrected chi connectivity index (χ4v) is 1.87. The summed E-state index contributed by atoms with van der Waals surface area (Å²) in [5.41, 5.74) is -0.110. The lowest BCUT2D eigenvalue weighted by Crippen LogP contribution is -2.18. The lowest BCUT2D eigenvalue weighted by molar-refractivity contribution is -0.135. The van der Waals surface area contributed by atoms with E-state index in [0.29, 0.717) is 6.61 Å². The zero-order valence-corrected chi connectivity index (χ0v) is 10.4. The highest BCUT2D eigenvalue weighted by Gasteiger charge is 2.21. The second kappa shape index (κ2) is 9.24. The van der Waals surface area contributed by atoms with Crippen molar-refractivity contribution in [2.75, 3.05) is 25.7 Å². The number of ether oxygens (including phenoxy) is 2. The minimum atomic E-state index is -1.53. The van der Waals surface area contributed by atoms with E-state index < -0.39 is 13.8 Å². The van der Waals surface area contributed by atoms with Gasteiger partial charge in [0.1, 0.15) is 0 Å². The molecule has 0 radical (unpaired) electrons. The Morgan fingerprint density at radius 1 is 1.38 bits per heavy atom. The zero-order chi connectivity index (χ0) is 12.4. The van der Waals surface area contributed by atoms with Gasteiger partial charge in [0.2, 0.25) is 6.35 Å². The van der Waals surface area contributed by atoms with E-state index in [-0.39, 0.29) is 31.2 Å². The van der Waals surface area contributed by atoms with Crippen LogP contribution in [0.2, 0.25) is 0 Å². The van der Waals surface area contributed by atoms with Crippen molar-refractivity contribution in [1.82, 2.24) is 0 Å². The van der Waals surface area contributed by atoms with Gasteiger partial charge in [0.05, 0.1) is 6.61 Å². The summed E-state index contributed by atoms with van der Waals surface area (Å²) in [5, 5.41) is 11.4. The Balaban J connectivity index is 3.97. The van der Waals surface area contributed by atoms with Crippen molar-refractivity contribution >= 4 is 19.5 Å². The van der Waals surface area contributed by atoms with Crippen LogP contribution in [0.15, 0.2) is 5.16 Å². The number of esters is 1. The molecule has 0 bridgehead atoms. The predicted molar refractivity (Wildman–Crippen MR) is 59.4 cm³/mol. The van der Waals surface area contributed by atoms with Crippen LogP contribution in [0.5, 0.6) is 0 Å². The number of rotatable bonds is 8. The third-order valence-electron chi connectivity index (χ3n) is 1.67. The summed E-state index contributed by atoms with van der Waals surface area (Å²) in [6, 6.07) is 0. The zero-order valence-electron chi connectivity index (χ0n) is 9.51. The Kier molecular flexibility index (Phi) is 8.66. The van der Waals surface area contributed by atoms with Gasteiger partial charge in [0.15, 0.2) is 11.9 Å². The van der Waals surface area contributed by atoms with Gasteiger partial charge >= 0.3 is 13.8 Å². The number of carbonyl (C=O) groups excluding carboxylic acids is 1. The fourth-order valence-electron chi connectivity index (χ4n) is 0.896. The number of oxime groups is 1. The molecule has 6 nitrogen and oxygen atoms in total. The van der Waals surface area contributed by atoms with Crippen molar-refractivity contribution in [1.29, 1.82) is 0 Å². The van der Waals surface area contributed by atoms with Crippen molar-refractivity contribution < 1.29 is 24.0 Å². The smallest absolute Gasteiger partial charge is 0.367 e. The number of nitrogens with zero attached hydrogens (tertiary/aromatic N) is 1. The van der Waals surface area contributed by atoms with Gasteiger partial charge in [0.25, 0.3) is 0 Å². The fraction of sp³-hybridized carbons (Fsp3) is 0.778. The first-order chi connectivity index (χ1) is 7.65. The maximum atomic E-state index is 11.3. The molecule has 1 atom stereocenters. The summed E-state index contributed by atoms with van der Waals surface area (Å²) >= 11 is 0. The van der Waals surface area contributed by atoms with Crippen molar-refractivity contribution in [3.05, 3.63) is 0 Å². The van der Waals surface area contributed by atoms with Gasteiger partial charge in [0, 0.05) is 13.0 Å². The molecule has 0 aromatic carbocycles. The molecule has 0 aliphatic carbocycles. The van der Waals surface area contributed by atoms with Crippen molar-refractivity contribution in [2.45, 2.75) is 20.3 Å². The Hall–Kier alpha value is -1.00. The summed E-state index contributed by atoms with van der Waals surface area (Å²) in [5.74, 6) is -0.676. The van der Waals surface area contributed by atoms with Gasteiger partial charge in [-0.05, 0) is 13.8 Å². The first-order valence-corrected chi connectivity index (χ1v) is 6.66. The standard InChI is InChI=1S/C9H16NO5P/c1-3-14-7-16(13)6-5-8(10-12)9(11)15-4-2/h3-7H2,1-2H3/p+1. The van der Waals surface area contributed by atoms with Gasteiger partial charge < -0.3 is 14.7 Å². The van der Waals surface area contributed by atoms with Crippen LogP contribution in [0, 0.1) is 0 Å². The van der Waals surface area contributed by atoms with E-state index >= 15 is 0 Å². The van der Waals surface area contributed by atoms with E-state index in [2.05, 4.69) is 9.89 Å². The molecule has 0 fully saturated rings. The van der Waals surface area contributed by atoms with Gasteiger partial charge in [-0.1, -0.05) is 9.72 Å². The lowest BCUT2D eigenvalue weighted by atomic mass is 10.3. The molecule has 1 unspecified atom stereocenters. The van der Waals surface area contributed by atoms with Gasteiger partial charge in [-0.25, -0.2) is 4.79 Å². The highest BCUT2D eigenvalue weighted by atomic mass is 31.1. The summed E-state index contributed by atoms with van der Waals surface area (Å²) < 4.78 is 21.0. The molecule has 0 aliphatic heterocycles. The second-order valence-electron chi connectivity index (χ2n) is 2.84. The largest absolute Gasteiger partial charge is 0.461 e. The minimum absolute atomic E-state index is 0.110. The molecule has 7 heteroatoms. The number of hydrogen-bond acceptors (Lipinski definition) is 6. The number of carbonyl (C=O) groups is 1.